The summed E-state index contributed by atoms with van der Waals surface area (Å²) < 4.78 is 38.0. The predicted octanol–water partition coefficient (Wildman–Crippen LogP) is 3.40. The number of hydrogen-bond acceptors (Lipinski definition) is 4. The first-order valence-electron chi connectivity index (χ1n) is 11.2. The van der Waals surface area contributed by atoms with Crippen LogP contribution in [0.3, 0.4) is 0 Å². The summed E-state index contributed by atoms with van der Waals surface area (Å²) in [6.07, 6.45) is 2.15. The van der Waals surface area contributed by atoms with E-state index in [2.05, 4.69) is 10.3 Å². The molecule has 2 N–H and O–H groups in total. The molecule has 1 aromatic carbocycles. The van der Waals surface area contributed by atoms with Crippen molar-refractivity contribution in [1.82, 2.24) is 19.6 Å². The Bertz CT molecular complexity index is 1260. The Kier molecular flexibility index (Phi) is 5.68. The highest BCUT2D eigenvalue weighted by Crippen LogP contribution is 2.32. The number of ether oxygens (including phenoxy) is 1. The molecule has 0 spiro atoms. The number of halogens is 2. The number of morpholine rings is 1. The fourth-order valence-corrected chi connectivity index (χ4v) is 4.25. The monoisotopic (exact) mass is 470 g/mol. The molecule has 5 rings (SSSR count). The molecule has 0 radical (unpaired) electrons. The van der Waals surface area contributed by atoms with E-state index in [4.69, 9.17) is 4.74 Å². The van der Waals surface area contributed by atoms with Gasteiger partial charge < -0.3 is 24.5 Å². The predicted molar refractivity (Wildman–Crippen MR) is 119 cm³/mol. The van der Waals surface area contributed by atoms with Crippen molar-refractivity contribution < 1.29 is 28.2 Å². The molecule has 1 aliphatic carbocycles. The van der Waals surface area contributed by atoms with Gasteiger partial charge >= 0.3 is 6.09 Å². The number of carbonyl (C=O) groups excluding carboxylic acids is 1. The number of amides is 2. The van der Waals surface area contributed by atoms with E-state index in [1.54, 1.807) is 16.7 Å². The number of rotatable bonds is 5. The lowest BCUT2D eigenvalue weighted by Crippen LogP contribution is -2.45. The number of nitrogens with zero attached hydrogens (tertiary/aromatic N) is 3. The average Bonchev–Trinajstić information content (AvgIpc) is 3.54. The third kappa shape index (κ3) is 4.33. The molecule has 1 saturated heterocycles. The SMILES string of the molecule is Cc1ccn2c(CC3CN(C(=O)O)CCO3)c(-c3c(F)cc(C(=O)NC4CC4)cc3F)nc2c1. The van der Waals surface area contributed by atoms with Crippen molar-refractivity contribution in [2.24, 2.45) is 0 Å². The summed E-state index contributed by atoms with van der Waals surface area (Å²) in [7, 11) is 0. The lowest BCUT2D eigenvalue weighted by molar-refractivity contribution is -0.0214. The lowest BCUT2D eigenvalue weighted by Gasteiger charge is -2.31. The van der Waals surface area contributed by atoms with E-state index in [9.17, 15) is 14.7 Å². The van der Waals surface area contributed by atoms with E-state index < -0.39 is 29.7 Å². The molecule has 1 atom stereocenters. The summed E-state index contributed by atoms with van der Waals surface area (Å²) in [4.78, 5) is 29.5. The minimum atomic E-state index is -1.04. The average molecular weight is 470 g/mol. The van der Waals surface area contributed by atoms with E-state index in [0.29, 0.717) is 11.3 Å². The summed E-state index contributed by atoms with van der Waals surface area (Å²) in [6.45, 7) is 2.52. The molecular formula is C24H24F2N4O4. The molecule has 3 aromatic rings. The van der Waals surface area contributed by atoms with Crippen LogP contribution in [0, 0.1) is 18.6 Å². The van der Waals surface area contributed by atoms with Gasteiger partial charge in [0, 0.05) is 30.8 Å². The van der Waals surface area contributed by atoms with Crippen molar-refractivity contribution in [3.05, 3.63) is 58.9 Å². The van der Waals surface area contributed by atoms with Crippen molar-refractivity contribution in [2.45, 2.75) is 38.3 Å². The quantitative estimate of drug-likeness (QED) is 0.596. The van der Waals surface area contributed by atoms with Gasteiger partial charge in [-0.15, -0.1) is 0 Å². The Balaban J connectivity index is 1.55. The summed E-state index contributed by atoms with van der Waals surface area (Å²) in [5.41, 5.74) is 1.62. The fourth-order valence-electron chi connectivity index (χ4n) is 4.25. The van der Waals surface area contributed by atoms with Crippen LogP contribution in [0.1, 0.15) is 34.5 Å². The topological polar surface area (TPSA) is 96.2 Å². The van der Waals surface area contributed by atoms with Crippen LogP contribution in [0.4, 0.5) is 13.6 Å². The van der Waals surface area contributed by atoms with Gasteiger partial charge in [-0.2, -0.15) is 0 Å². The summed E-state index contributed by atoms with van der Waals surface area (Å²) in [5.74, 6) is -2.29. The maximum absolute atomic E-state index is 15.3. The second-order valence-electron chi connectivity index (χ2n) is 8.83. The number of imidazole rings is 1. The van der Waals surface area contributed by atoms with Crippen molar-refractivity contribution in [3.63, 3.8) is 0 Å². The smallest absolute Gasteiger partial charge is 0.407 e. The number of carbonyl (C=O) groups is 2. The van der Waals surface area contributed by atoms with Crippen LogP contribution < -0.4 is 5.32 Å². The van der Waals surface area contributed by atoms with Gasteiger partial charge in [-0.3, -0.25) is 4.79 Å². The van der Waals surface area contributed by atoms with E-state index >= 15 is 8.78 Å². The molecule has 2 amide bonds. The van der Waals surface area contributed by atoms with Crippen LogP contribution in [0.25, 0.3) is 16.9 Å². The summed E-state index contributed by atoms with van der Waals surface area (Å²) in [6, 6.07) is 5.76. The van der Waals surface area contributed by atoms with E-state index in [1.165, 1.54) is 4.90 Å². The highest BCUT2D eigenvalue weighted by Gasteiger charge is 2.29. The number of hydrogen-bond donors (Lipinski definition) is 2. The second-order valence-corrected chi connectivity index (χ2v) is 8.83. The number of fused-ring (bicyclic) bond motifs is 1. The largest absolute Gasteiger partial charge is 0.465 e. The van der Waals surface area contributed by atoms with E-state index in [-0.39, 0.29) is 49.0 Å². The third-order valence-corrected chi connectivity index (χ3v) is 6.16. The van der Waals surface area contributed by atoms with Gasteiger partial charge in [-0.1, -0.05) is 0 Å². The van der Waals surface area contributed by atoms with E-state index in [0.717, 1.165) is 30.5 Å². The third-order valence-electron chi connectivity index (χ3n) is 6.16. The van der Waals surface area contributed by atoms with Gasteiger partial charge in [0.15, 0.2) is 0 Å². The van der Waals surface area contributed by atoms with Gasteiger partial charge in [0.05, 0.1) is 36.2 Å². The van der Waals surface area contributed by atoms with Gasteiger partial charge in [-0.05, 0) is 49.6 Å². The normalized spacial score (nSPS) is 18.3. The number of aryl methyl sites for hydroxylation is 1. The molecule has 34 heavy (non-hydrogen) atoms. The first-order valence-corrected chi connectivity index (χ1v) is 11.2. The number of nitrogens with one attached hydrogen (secondary N) is 1. The van der Waals surface area contributed by atoms with Crippen LogP contribution in [-0.4, -0.2) is 63.2 Å². The molecule has 2 aromatic heterocycles. The highest BCUT2D eigenvalue weighted by atomic mass is 19.1. The van der Waals surface area contributed by atoms with Crippen LogP contribution in [0.2, 0.25) is 0 Å². The number of carboxylic acid groups (broad SMARTS) is 1. The van der Waals surface area contributed by atoms with Crippen LogP contribution in [-0.2, 0) is 11.2 Å². The molecule has 0 bridgehead atoms. The van der Waals surface area contributed by atoms with Crippen molar-refractivity contribution in [1.29, 1.82) is 0 Å². The Morgan fingerprint density at radius 2 is 1.97 bits per heavy atom. The Morgan fingerprint density at radius 3 is 2.65 bits per heavy atom. The number of aromatic nitrogens is 2. The minimum absolute atomic E-state index is 0.0624. The highest BCUT2D eigenvalue weighted by molar-refractivity contribution is 5.95. The van der Waals surface area contributed by atoms with Crippen LogP contribution in [0.15, 0.2) is 30.5 Å². The first kappa shape index (κ1) is 22.3. The zero-order valence-electron chi connectivity index (χ0n) is 18.6. The van der Waals surface area contributed by atoms with Crippen LogP contribution >= 0.6 is 0 Å². The zero-order chi connectivity index (χ0) is 24.0. The molecular weight excluding hydrogens is 446 g/mol. The molecule has 2 fully saturated rings. The molecule has 3 heterocycles. The molecule has 1 aliphatic heterocycles. The van der Waals surface area contributed by atoms with Crippen molar-refractivity contribution in [2.75, 3.05) is 19.7 Å². The molecule has 1 unspecified atom stereocenters. The standard InChI is InChI=1S/C24H24F2N4O4/c1-13-4-5-30-19(11-16-12-29(24(32)33)6-7-34-16)22(28-20(30)8-13)21-17(25)9-14(10-18(21)26)23(31)27-15-2-3-15/h4-5,8-10,15-16H,2-3,6-7,11-12H2,1H3,(H,27,31)(H,32,33). The Labute approximate surface area is 194 Å². The van der Waals surface area contributed by atoms with Gasteiger partial charge in [-0.25, -0.2) is 18.6 Å². The van der Waals surface area contributed by atoms with Crippen molar-refractivity contribution in [3.8, 4) is 11.3 Å². The Hall–Kier alpha value is -3.53. The molecule has 10 heteroatoms. The fraction of sp³-hybridized carbons (Fsp3) is 0.375. The summed E-state index contributed by atoms with van der Waals surface area (Å²) in [5, 5.41) is 12.1. The van der Waals surface area contributed by atoms with Crippen LogP contribution in [0.5, 0.6) is 0 Å². The van der Waals surface area contributed by atoms with Crippen molar-refractivity contribution >= 4 is 17.6 Å². The first-order chi connectivity index (χ1) is 16.3. The number of benzene rings is 1. The summed E-state index contributed by atoms with van der Waals surface area (Å²) >= 11 is 0. The second kappa shape index (κ2) is 8.68. The maximum atomic E-state index is 15.3. The number of pyridine rings is 1. The Morgan fingerprint density at radius 1 is 1.24 bits per heavy atom. The molecule has 8 nitrogen and oxygen atoms in total. The van der Waals surface area contributed by atoms with E-state index in [1.807, 2.05) is 13.0 Å². The lowest BCUT2D eigenvalue weighted by atomic mass is 10.0. The van der Waals surface area contributed by atoms with Gasteiger partial charge in [0.1, 0.15) is 17.3 Å². The maximum Gasteiger partial charge on any atom is 0.407 e. The van der Waals surface area contributed by atoms with Gasteiger partial charge in [0.2, 0.25) is 0 Å². The zero-order valence-corrected chi connectivity index (χ0v) is 18.6. The molecule has 2 aliphatic rings. The molecule has 178 valence electrons. The minimum Gasteiger partial charge on any atom is -0.465 e. The molecule has 1 saturated carbocycles. The van der Waals surface area contributed by atoms with Gasteiger partial charge in [0.25, 0.3) is 5.91 Å².